The Morgan fingerprint density at radius 1 is 1.44 bits per heavy atom. The van der Waals surface area contributed by atoms with E-state index >= 15 is 0 Å². The molecular formula is C15H19ClO2. The molecule has 0 aliphatic heterocycles. The van der Waals surface area contributed by atoms with Crippen molar-refractivity contribution in [3.05, 3.63) is 28.3 Å². The van der Waals surface area contributed by atoms with Crippen molar-refractivity contribution in [2.75, 3.05) is 6.61 Å². The molecule has 0 saturated heterocycles. The van der Waals surface area contributed by atoms with Crippen LogP contribution in [-0.4, -0.2) is 12.4 Å². The monoisotopic (exact) mass is 266 g/mol. The second kappa shape index (κ2) is 5.31. The lowest BCUT2D eigenvalue weighted by molar-refractivity contribution is -0.122. The Morgan fingerprint density at radius 3 is 2.67 bits per heavy atom. The van der Waals surface area contributed by atoms with E-state index in [0.717, 1.165) is 34.7 Å². The second-order valence-electron chi connectivity index (χ2n) is 5.32. The zero-order valence-corrected chi connectivity index (χ0v) is 11.9. The van der Waals surface area contributed by atoms with Crippen LogP contribution >= 0.6 is 11.6 Å². The summed E-state index contributed by atoms with van der Waals surface area (Å²) in [5.41, 5.74) is 2.05. The molecule has 98 valence electrons. The maximum absolute atomic E-state index is 11.6. The van der Waals surface area contributed by atoms with Gasteiger partial charge in [-0.2, -0.15) is 0 Å². The van der Waals surface area contributed by atoms with Crippen molar-refractivity contribution < 1.29 is 9.53 Å². The second-order valence-corrected chi connectivity index (χ2v) is 5.73. The maximum atomic E-state index is 11.6. The van der Waals surface area contributed by atoms with Crippen LogP contribution in [0.3, 0.4) is 0 Å². The summed E-state index contributed by atoms with van der Waals surface area (Å²) in [5.74, 6) is 1.59. The molecule has 0 atom stereocenters. The predicted molar refractivity (Wildman–Crippen MR) is 73.5 cm³/mol. The van der Waals surface area contributed by atoms with Crippen LogP contribution in [0, 0.1) is 12.8 Å². The first-order valence-corrected chi connectivity index (χ1v) is 6.82. The van der Waals surface area contributed by atoms with E-state index in [-0.39, 0.29) is 18.3 Å². The van der Waals surface area contributed by atoms with Gasteiger partial charge in [-0.25, -0.2) is 0 Å². The minimum atomic E-state index is 0.185. The molecule has 0 unspecified atom stereocenters. The Bertz CT molecular complexity index is 462. The van der Waals surface area contributed by atoms with Gasteiger partial charge in [0.15, 0.2) is 5.78 Å². The molecule has 0 radical (unpaired) electrons. The average Bonchev–Trinajstić information content (AvgIpc) is 3.10. The third kappa shape index (κ3) is 3.05. The van der Waals surface area contributed by atoms with Gasteiger partial charge in [0.1, 0.15) is 12.4 Å². The van der Waals surface area contributed by atoms with Gasteiger partial charge in [0, 0.05) is 10.9 Å². The molecular weight excluding hydrogens is 248 g/mol. The lowest BCUT2D eigenvalue weighted by Crippen LogP contribution is -2.13. The maximum Gasteiger partial charge on any atom is 0.173 e. The van der Waals surface area contributed by atoms with Crippen molar-refractivity contribution in [2.24, 2.45) is 5.92 Å². The van der Waals surface area contributed by atoms with Crippen molar-refractivity contribution >= 4 is 17.4 Å². The van der Waals surface area contributed by atoms with Crippen LogP contribution in [0.4, 0.5) is 0 Å². The number of rotatable bonds is 5. The van der Waals surface area contributed by atoms with Gasteiger partial charge in [0.2, 0.25) is 0 Å². The summed E-state index contributed by atoms with van der Waals surface area (Å²) in [6.07, 6.45) is 2.05. The molecule has 2 nitrogen and oxygen atoms in total. The number of carbonyl (C=O) groups is 1. The molecule has 1 aliphatic rings. The van der Waals surface area contributed by atoms with Gasteiger partial charge >= 0.3 is 0 Å². The zero-order chi connectivity index (χ0) is 13.3. The Balaban J connectivity index is 2.11. The molecule has 2 rings (SSSR count). The zero-order valence-electron chi connectivity index (χ0n) is 11.1. The summed E-state index contributed by atoms with van der Waals surface area (Å²) in [4.78, 5) is 11.6. The third-order valence-corrected chi connectivity index (χ3v) is 3.65. The number of ether oxygens (including phenoxy) is 1. The summed E-state index contributed by atoms with van der Waals surface area (Å²) in [6.45, 7) is 6.32. The molecule has 0 heterocycles. The van der Waals surface area contributed by atoms with E-state index in [0.29, 0.717) is 5.92 Å². The van der Waals surface area contributed by atoms with Gasteiger partial charge in [0.25, 0.3) is 0 Å². The smallest absolute Gasteiger partial charge is 0.173 e. The minimum Gasteiger partial charge on any atom is -0.486 e. The molecule has 1 fully saturated rings. The number of halogens is 1. The van der Waals surface area contributed by atoms with Crippen molar-refractivity contribution in [1.29, 1.82) is 0 Å². The van der Waals surface area contributed by atoms with Crippen molar-refractivity contribution in [3.63, 3.8) is 0 Å². The molecule has 0 aromatic heterocycles. The van der Waals surface area contributed by atoms with Gasteiger partial charge in [-0.3, -0.25) is 4.79 Å². The number of carbonyl (C=O) groups excluding carboxylic acids is 1. The van der Waals surface area contributed by atoms with Crippen LogP contribution < -0.4 is 4.74 Å². The fourth-order valence-corrected chi connectivity index (χ4v) is 2.37. The van der Waals surface area contributed by atoms with E-state index in [1.165, 1.54) is 0 Å². The summed E-state index contributed by atoms with van der Waals surface area (Å²) < 4.78 is 5.64. The quantitative estimate of drug-likeness (QED) is 0.801. The Kier molecular flexibility index (Phi) is 3.96. The molecule has 18 heavy (non-hydrogen) atoms. The molecule has 1 aliphatic carbocycles. The summed E-state index contributed by atoms with van der Waals surface area (Å²) >= 11 is 6.20. The van der Waals surface area contributed by atoms with Crippen LogP contribution in [-0.2, 0) is 4.79 Å². The third-order valence-electron chi connectivity index (χ3n) is 3.32. The topological polar surface area (TPSA) is 26.3 Å². The van der Waals surface area contributed by atoms with Gasteiger partial charge in [0.05, 0.1) is 0 Å². The van der Waals surface area contributed by atoms with Crippen LogP contribution in [0.2, 0.25) is 5.02 Å². The molecule has 1 aromatic rings. The number of ketones is 1. The first-order chi connectivity index (χ1) is 8.49. The lowest BCUT2D eigenvalue weighted by Gasteiger charge is -2.14. The molecule has 0 bridgehead atoms. The normalized spacial score (nSPS) is 14.9. The van der Waals surface area contributed by atoms with Gasteiger partial charge in [-0.15, -0.1) is 0 Å². The molecule has 0 amide bonds. The number of hydrogen-bond acceptors (Lipinski definition) is 2. The highest BCUT2D eigenvalue weighted by Crippen LogP contribution is 2.33. The highest BCUT2D eigenvalue weighted by atomic mass is 35.5. The van der Waals surface area contributed by atoms with Crippen molar-refractivity contribution in [3.8, 4) is 5.75 Å². The largest absolute Gasteiger partial charge is 0.486 e. The van der Waals surface area contributed by atoms with E-state index in [1.807, 2.05) is 19.1 Å². The molecule has 0 N–H and O–H groups in total. The number of benzene rings is 1. The lowest BCUT2D eigenvalue weighted by atomic mass is 10.0. The summed E-state index contributed by atoms with van der Waals surface area (Å²) in [7, 11) is 0. The number of hydrogen-bond donors (Lipinski definition) is 0. The highest BCUT2D eigenvalue weighted by Gasteiger charge is 2.29. The average molecular weight is 267 g/mol. The first-order valence-electron chi connectivity index (χ1n) is 6.44. The fraction of sp³-hybridized carbons (Fsp3) is 0.533. The highest BCUT2D eigenvalue weighted by molar-refractivity contribution is 6.31. The predicted octanol–water partition coefficient (Wildman–Crippen LogP) is 4.13. The fourth-order valence-electron chi connectivity index (χ4n) is 1.94. The minimum absolute atomic E-state index is 0.185. The van der Waals surface area contributed by atoms with Crippen molar-refractivity contribution in [1.82, 2.24) is 0 Å². The van der Waals surface area contributed by atoms with E-state index in [9.17, 15) is 4.79 Å². The molecule has 3 heteroatoms. The van der Waals surface area contributed by atoms with E-state index < -0.39 is 0 Å². The van der Waals surface area contributed by atoms with E-state index in [4.69, 9.17) is 16.3 Å². The van der Waals surface area contributed by atoms with E-state index in [1.54, 1.807) is 0 Å². The summed E-state index contributed by atoms with van der Waals surface area (Å²) in [6, 6.07) is 3.87. The molecule has 1 aromatic carbocycles. The Hall–Kier alpha value is -1.02. The molecule has 1 saturated carbocycles. The number of aryl methyl sites for hydroxylation is 1. The Morgan fingerprint density at radius 2 is 2.11 bits per heavy atom. The van der Waals surface area contributed by atoms with Crippen molar-refractivity contribution in [2.45, 2.75) is 39.5 Å². The Labute approximate surface area is 113 Å². The summed E-state index contributed by atoms with van der Waals surface area (Å²) in [5, 5.41) is 0.767. The van der Waals surface area contributed by atoms with Crippen LogP contribution in [0.15, 0.2) is 12.1 Å². The number of Topliss-reactive ketones (excluding diaryl/α,β-unsaturated/α-hetero) is 1. The van der Waals surface area contributed by atoms with Crippen LogP contribution in [0.25, 0.3) is 0 Å². The first kappa shape index (κ1) is 13.4. The van der Waals surface area contributed by atoms with Gasteiger partial charge in [-0.05, 0) is 48.9 Å². The van der Waals surface area contributed by atoms with Crippen LogP contribution in [0.1, 0.15) is 43.7 Å². The SMILES string of the molecule is Cc1cc(Cl)c(C(C)C)cc1OCC(=O)C1CC1. The van der Waals surface area contributed by atoms with E-state index in [2.05, 4.69) is 13.8 Å². The van der Waals surface area contributed by atoms with Gasteiger partial charge in [-0.1, -0.05) is 25.4 Å². The molecule has 0 spiro atoms. The van der Waals surface area contributed by atoms with Crippen LogP contribution in [0.5, 0.6) is 5.75 Å². The van der Waals surface area contributed by atoms with Gasteiger partial charge < -0.3 is 4.74 Å². The standard InChI is InChI=1S/C15H19ClO2/c1-9(2)12-7-15(10(3)6-13(12)16)18-8-14(17)11-4-5-11/h6-7,9,11H,4-5,8H2,1-3H3.